The number of aromatic amines is 3. The molecule has 70 heavy (non-hydrogen) atoms. The van der Waals surface area contributed by atoms with Gasteiger partial charge in [0.25, 0.3) is 30.1 Å². The van der Waals surface area contributed by atoms with Gasteiger partial charge in [-0.25, -0.2) is 56.6 Å². The van der Waals surface area contributed by atoms with Gasteiger partial charge >= 0.3 is 0 Å². The molecule has 0 unspecified atom stereocenters. The van der Waals surface area contributed by atoms with Gasteiger partial charge in [0.1, 0.15) is 55.6 Å². The minimum atomic E-state index is -4.52. The summed E-state index contributed by atoms with van der Waals surface area (Å²) in [5.41, 5.74) is -0.318. The highest BCUT2D eigenvalue weighted by Crippen LogP contribution is 2.31. The van der Waals surface area contributed by atoms with Gasteiger partial charge in [-0.3, -0.25) is 14.2 Å². The Bertz CT molecular complexity index is 3950. The molecule has 0 aliphatic rings. The lowest BCUT2D eigenvalue weighted by Crippen LogP contribution is -2.14. The van der Waals surface area contributed by atoms with E-state index in [0.29, 0.717) is 45.8 Å². The number of aromatic nitrogens is 4. The van der Waals surface area contributed by atoms with Crippen LogP contribution in [0.3, 0.4) is 0 Å². The van der Waals surface area contributed by atoms with Crippen molar-refractivity contribution in [1.82, 2.24) is 19.9 Å². The third-order valence-corrected chi connectivity index (χ3v) is 14.1. The van der Waals surface area contributed by atoms with Gasteiger partial charge in [-0.15, -0.1) is 0 Å². The molecule has 0 radical (unpaired) electrons. The van der Waals surface area contributed by atoms with Crippen molar-refractivity contribution in [2.75, 3.05) is 21.3 Å². The molecular formula is C44H28ClF6N9O7S3. The topological polar surface area (TPSA) is 256 Å². The first-order chi connectivity index (χ1) is 33.1. The predicted octanol–water partition coefficient (Wildman–Crippen LogP) is 9.54. The smallest absolute Gasteiger partial charge is 0.265 e. The number of pyridine rings is 1. The molecular weight excluding hydrogens is 1010 g/mol. The molecule has 0 aliphatic heterocycles. The number of rotatable bonds is 10. The lowest BCUT2D eigenvalue weighted by atomic mass is 10.2. The summed E-state index contributed by atoms with van der Waals surface area (Å²) in [5, 5.41) is 17.9. The molecule has 4 aromatic heterocycles. The van der Waals surface area contributed by atoms with Crippen molar-refractivity contribution in [1.29, 1.82) is 10.5 Å². The molecule has 5 aromatic carbocycles. The van der Waals surface area contributed by atoms with Gasteiger partial charge in [0.2, 0.25) is 0 Å². The van der Waals surface area contributed by atoms with Crippen LogP contribution in [0.25, 0.3) is 32.7 Å². The monoisotopic (exact) mass is 1040 g/mol. The summed E-state index contributed by atoms with van der Waals surface area (Å²) >= 11 is 5.60. The zero-order valence-corrected chi connectivity index (χ0v) is 38.2. The van der Waals surface area contributed by atoms with Crippen molar-refractivity contribution < 1.29 is 56.3 Å². The number of anilines is 3. The van der Waals surface area contributed by atoms with Crippen LogP contribution in [-0.4, -0.2) is 52.3 Å². The lowest BCUT2D eigenvalue weighted by Gasteiger charge is -2.09. The number of para-hydroxylation sites is 1. The van der Waals surface area contributed by atoms with E-state index >= 15 is 0 Å². The Labute approximate surface area is 397 Å². The standard InChI is InChI=1S/C15H7F4N3O2S.C15H10FN3O2S.C14H11ClFN3O3S/c16-8-2-11(19)15-13(3-8)21-6-14(15)25(23,24)22-12-4-9(17)7(5-20)1-10(12)18;16-12-7-10(8-17)5-6-14(12)19-22(20,21)15-9-18-13-4-2-1-3-11(13)15;1-22-9-2-3-10-12(5-9)17-7-13(10)23(20,21)19-14-11(16)4-8(15)6-18-14/h1-4,6,21-22H;1-7,9,18-19H;2-7,17H,1H3,(H,18,19). The minimum absolute atomic E-state index is 0.0219. The number of nitrogens with zero attached hydrogens (tertiary/aromatic N) is 3. The molecule has 0 fully saturated rings. The molecule has 0 bridgehead atoms. The average Bonchev–Trinajstić information content (AvgIpc) is 4.08. The van der Waals surface area contributed by atoms with E-state index in [0.717, 1.165) is 30.6 Å². The van der Waals surface area contributed by atoms with Crippen molar-refractivity contribution >= 4 is 91.6 Å². The first kappa shape index (κ1) is 49.7. The molecule has 4 heterocycles. The summed E-state index contributed by atoms with van der Waals surface area (Å²) in [6.45, 7) is 0. The number of hydrogen-bond acceptors (Lipinski definition) is 10. The highest BCUT2D eigenvalue weighted by molar-refractivity contribution is 7.93. The van der Waals surface area contributed by atoms with Crippen LogP contribution in [0.15, 0.2) is 130 Å². The molecule has 9 aromatic rings. The molecule has 358 valence electrons. The number of fused-ring (bicyclic) bond motifs is 3. The van der Waals surface area contributed by atoms with Crippen LogP contribution in [-0.2, 0) is 30.1 Å². The second kappa shape index (κ2) is 19.8. The fourth-order valence-corrected chi connectivity index (χ4v) is 10.3. The molecule has 6 N–H and O–H groups in total. The molecule has 0 spiro atoms. The van der Waals surface area contributed by atoms with Gasteiger partial charge in [0.05, 0.1) is 57.1 Å². The van der Waals surface area contributed by atoms with E-state index in [1.165, 1.54) is 37.7 Å². The summed E-state index contributed by atoms with van der Waals surface area (Å²) in [6.07, 6.45) is 4.73. The molecule has 16 nitrogen and oxygen atoms in total. The summed E-state index contributed by atoms with van der Waals surface area (Å²) in [4.78, 5) is 11.2. The Hall–Kier alpha value is -8.23. The number of ether oxygens (including phenoxy) is 1. The zero-order valence-electron chi connectivity index (χ0n) is 35.0. The summed E-state index contributed by atoms with van der Waals surface area (Å²) in [6, 6.07) is 21.9. The molecule has 0 atom stereocenters. The number of sulfonamides is 3. The third-order valence-electron chi connectivity index (χ3n) is 9.73. The van der Waals surface area contributed by atoms with Crippen LogP contribution >= 0.6 is 11.6 Å². The SMILES string of the molecule is COc1ccc2c(S(=O)(=O)Nc3ncc(Cl)cc3F)c[nH]c2c1.N#Cc1cc(F)c(NS(=O)(=O)c2c[nH]c3cc(F)cc(F)c23)cc1F.N#Cc1ccc(NS(=O)(=O)c2c[nH]c3ccccc23)c(F)c1. The quantitative estimate of drug-likeness (QED) is 0.0707. The fraction of sp³-hybridized carbons (Fsp3) is 0.0227. The van der Waals surface area contributed by atoms with Crippen LogP contribution in [0.5, 0.6) is 5.75 Å². The summed E-state index contributed by atoms with van der Waals surface area (Å²) in [7, 11) is -11.0. The number of halogens is 7. The van der Waals surface area contributed by atoms with Crippen molar-refractivity contribution in [3.8, 4) is 17.9 Å². The number of H-pyrrole nitrogens is 3. The summed E-state index contributed by atoms with van der Waals surface area (Å²) in [5.74, 6) is -5.86. The molecule has 0 saturated carbocycles. The maximum Gasteiger partial charge on any atom is 0.265 e. The van der Waals surface area contributed by atoms with Crippen LogP contribution in [0.1, 0.15) is 11.1 Å². The Kier molecular flexibility index (Phi) is 14.0. The largest absolute Gasteiger partial charge is 0.497 e. The number of nitriles is 2. The highest BCUT2D eigenvalue weighted by atomic mass is 35.5. The van der Waals surface area contributed by atoms with Gasteiger partial charge in [0.15, 0.2) is 11.6 Å². The van der Waals surface area contributed by atoms with Crippen molar-refractivity contribution in [2.45, 2.75) is 14.7 Å². The minimum Gasteiger partial charge on any atom is -0.497 e. The molecule has 0 aliphatic carbocycles. The van der Waals surface area contributed by atoms with E-state index in [2.05, 4.69) is 29.4 Å². The van der Waals surface area contributed by atoms with Crippen molar-refractivity contribution in [3.63, 3.8) is 0 Å². The maximum absolute atomic E-state index is 13.9. The van der Waals surface area contributed by atoms with Crippen LogP contribution in [0.2, 0.25) is 5.02 Å². The van der Waals surface area contributed by atoms with Crippen LogP contribution in [0, 0.1) is 57.6 Å². The second-order valence-electron chi connectivity index (χ2n) is 14.3. The second-order valence-corrected chi connectivity index (χ2v) is 19.6. The molecule has 0 saturated heterocycles. The Balaban J connectivity index is 0.000000155. The first-order valence-corrected chi connectivity index (χ1v) is 24.1. The molecule has 9 rings (SSSR count). The van der Waals surface area contributed by atoms with Crippen molar-refractivity contribution in [3.05, 3.63) is 167 Å². The van der Waals surface area contributed by atoms with E-state index in [-0.39, 0.29) is 31.6 Å². The average molecular weight is 1040 g/mol. The maximum atomic E-state index is 13.9. The Morgan fingerprint density at radius 1 is 0.586 bits per heavy atom. The normalized spacial score (nSPS) is 11.5. The third kappa shape index (κ3) is 10.6. The van der Waals surface area contributed by atoms with Crippen LogP contribution in [0.4, 0.5) is 43.5 Å². The van der Waals surface area contributed by atoms with Crippen molar-refractivity contribution in [2.24, 2.45) is 0 Å². The van der Waals surface area contributed by atoms with E-state index in [1.54, 1.807) is 53.3 Å². The summed E-state index contributed by atoms with van der Waals surface area (Å²) < 4.78 is 168. The van der Waals surface area contributed by atoms with E-state index in [9.17, 15) is 51.6 Å². The Morgan fingerprint density at radius 2 is 1.20 bits per heavy atom. The van der Waals surface area contributed by atoms with Gasteiger partial charge < -0.3 is 19.7 Å². The molecule has 26 heteroatoms. The number of hydrogen-bond donors (Lipinski definition) is 6. The Morgan fingerprint density at radius 3 is 1.87 bits per heavy atom. The van der Waals surface area contributed by atoms with Gasteiger partial charge in [-0.2, -0.15) is 10.5 Å². The number of methoxy groups -OCH3 is 1. The first-order valence-electron chi connectivity index (χ1n) is 19.3. The predicted molar refractivity (Wildman–Crippen MR) is 245 cm³/mol. The van der Waals surface area contributed by atoms with Gasteiger partial charge in [0, 0.05) is 59.3 Å². The van der Waals surface area contributed by atoms with E-state index in [4.69, 9.17) is 26.9 Å². The van der Waals surface area contributed by atoms with E-state index < -0.39 is 92.3 Å². The number of benzene rings is 5. The fourth-order valence-electron chi connectivity index (χ4n) is 6.51. The molecule has 0 amide bonds. The van der Waals surface area contributed by atoms with Gasteiger partial charge in [-0.1, -0.05) is 29.8 Å². The zero-order chi connectivity index (χ0) is 50.7. The van der Waals surface area contributed by atoms with E-state index in [1.807, 2.05) is 0 Å². The van der Waals surface area contributed by atoms with Gasteiger partial charge in [-0.05, 0) is 54.6 Å². The lowest BCUT2D eigenvalue weighted by molar-refractivity contribution is 0.415. The van der Waals surface area contributed by atoms with Crippen LogP contribution < -0.4 is 18.9 Å². The number of nitrogens with one attached hydrogen (secondary N) is 6. The highest BCUT2D eigenvalue weighted by Gasteiger charge is 2.26.